The Labute approximate surface area is 53.2 Å². The summed E-state index contributed by atoms with van der Waals surface area (Å²) in [4.78, 5) is 10.9. The van der Waals surface area contributed by atoms with Gasteiger partial charge in [-0.15, -0.1) is 0 Å². The van der Waals surface area contributed by atoms with Crippen LogP contribution in [-0.2, 0) is 4.79 Å². The van der Waals surface area contributed by atoms with Crippen molar-refractivity contribution in [1.82, 2.24) is 0 Å². The molecule has 0 saturated heterocycles. The Bertz CT molecular complexity index is 166. The van der Waals surface area contributed by atoms with Crippen molar-refractivity contribution >= 4 is 5.78 Å². The Balaban J connectivity index is 4.38. The lowest BCUT2D eigenvalue weighted by Crippen LogP contribution is -2.01. The molecule has 0 unspecified atom stereocenters. The minimum atomic E-state index is -0.257. The van der Waals surface area contributed by atoms with Crippen molar-refractivity contribution in [2.75, 3.05) is 0 Å². The smallest absolute Gasteiger partial charge is 0.157 e. The Morgan fingerprint density at radius 2 is 2.25 bits per heavy atom. The first-order valence-electron chi connectivity index (χ1n) is 3.65. The lowest BCUT2D eigenvalue weighted by molar-refractivity contribution is -0.117. The van der Waals surface area contributed by atoms with Crippen LogP contribution in [-0.4, -0.2) is 5.78 Å². The molecule has 0 aliphatic rings. The predicted molar refractivity (Wildman–Crippen MR) is 34.7 cm³/mol. The Kier molecular flexibility index (Phi) is 1.84. The molecule has 46 valence electrons. The summed E-state index contributed by atoms with van der Waals surface area (Å²) in [5, 5.41) is 0. The Morgan fingerprint density at radius 1 is 1.75 bits per heavy atom. The third kappa shape index (κ3) is 2.56. The monoisotopic (exact) mass is 114 g/mol. The number of hydrogen-bond acceptors (Lipinski definition) is 1. The molecule has 0 aromatic heterocycles. The minimum absolute atomic E-state index is 0.0405. The normalized spacial score (nSPS) is 17.0. The van der Waals surface area contributed by atoms with Gasteiger partial charge in [0.1, 0.15) is 0 Å². The van der Waals surface area contributed by atoms with Crippen LogP contribution in [0.3, 0.4) is 0 Å². The number of carbonyl (C=O) groups excluding carboxylic acids is 1. The number of rotatable bonds is 2. The van der Waals surface area contributed by atoms with E-state index in [1.165, 1.54) is 6.92 Å². The molecular weight excluding hydrogens is 100 g/mol. The van der Waals surface area contributed by atoms with E-state index < -0.39 is 0 Å². The summed E-state index contributed by atoms with van der Waals surface area (Å²) in [5.74, 6) is -0.430. The first-order chi connectivity index (χ1) is 4.46. The van der Waals surface area contributed by atoms with Gasteiger partial charge in [-0.2, -0.15) is 0 Å². The average molecular weight is 114 g/mol. The molecule has 0 radical (unpaired) electrons. The highest BCUT2D eigenvalue weighted by Gasteiger charge is 1.99. The van der Waals surface area contributed by atoms with Crippen LogP contribution in [0.2, 0.25) is 0 Å². The first kappa shape index (κ1) is 4.30. The molecule has 1 nitrogen and oxygen atoms in total. The van der Waals surface area contributed by atoms with Gasteiger partial charge in [-0.25, -0.2) is 0 Å². The summed E-state index contributed by atoms with van der Waals surface area (Å²) in [7, 11) is 0. The highest BCUT2D eigenvalue weighted by atomic mass is 16.1. The molecule has 0 aromatic carbocycles. The molecule has 0 N–H and O–H groups in total. The average Bonchev–Trinajstić information content (AvgIpc) is 1.84. The second-order valence-corrected chi connectivity index (χ2v) is 1.89. The third-order valence-corrected chi connectivity index (χ3v) is 0.773. The molecule has 0 aromatic rings. The van der Waals surface area contributed by atoms with E-state index in [0.29, 0.717) is 0 Å². The molecule has 0 bridgehead atoms. The number of allylic oxidation sites excluding steroid dienone is 2. The maximum absolute atomic E-state index is 10.9. The van der Waals surface area contributed by atoms with Gasteiger partial charge in [-0.1, -0.05) is 19.9 Å². The highest BCUT2D eigenvalue weighted by Crippen LogP contribution is 1.93. The fraction of sp³-hybridized carbons (Fsp3) is 0.571. The van der Waals surface area contributed by atoms with Crippen molar-refractivity contribution in [3.05, 3.63) is 12.1 Å². The molecule has 0 saturated carbocycles. The van der Waals surface area contributed by atoms with Gasteiger partial charge >= 0.3 is 0 Å². The SMILES string of the molecule is [2H]/C(C)=C(/[2H])C(=O)C(C)C. The third-order valence-electron chi connectivity index (χ3n) is 0.773. The summed E-state index contributed by atoms with van der Waals surface area (Å²) in [5.41, 5.74) is 0. The molecule has 0 atom stereocenters. The molecule has 0 aliphatic heterocycles. The summed E-state index contributed by atoms with van der Waals surface area (Å²) in [6.45, 7) is 4.89. The Morgan fingerprint density at radius 3 is 2.38 bits per heavy atom. The molecule has 0 fully saturated rings. The van der Waals surface area contributed by atoms with Gasteiger partial charge in [0, 0.05) is 5.92 Å². The molecular formula is C7H12O. The molecule has 0 amide bonds. The van der Waals surface area contributed by atoms with Crippen LogP contribution in [0.15, 0.2) is 12.1 Å². The second-order valence-electron chi connectivity index (χ2n) is 1.89. The maximum Gasteiger partial charge on any atom is 0.157 e. The molecule has 0 spiro atoms. The summed E-state index contributed by atoms with van der Waals surface area (Å²) in [6.07, 6.45) is 0. The van der Waals surface area contributed by atoms with Gasteiger partial charge in [0.15, 0.2) is 5.78 Å². The lowest BCUT2D eigenvalue weighted by Gasteiger charge is -1.93. The summed E-state index contributed by atoms with van der Waals surface area (Å²) in [6, 6.07) is -0.131. The second kappa shape index (κ2) is 3.42. The van der Waals surface area contributed by atoms with Gasteiger partial charge in [0.05, 0.1) is 2.74 Å². The van der Waals surface area contributed by atoms with Crippen molar-refractivity contribution < 1.29 is 7.54 Å². The lowest BCUT2D eigenvalue weighted by atomic mass is 10.1. The van der Waals surface area contributed by atoms with E-state index in [1.807, 2.05) is 0 Å². The van der Waals surface area contributed by atoms with Gasteiger partial charge in [-0.05, 0) is 13.0 Å². The van der Waals surface area contributed by atoms with Crippen molar-refractivity contribution in [2.45, 2.75) is 20.8 Å². The largest absolute Gasteiger partial charge is 0.295 e. The fourth-order valence-electron chi connectivity index (χ4n) is 0.268. The molecule has 0 aliphatic carbocycles. The van der Waals surface area contributed by atoms with Crippen molar-refractivity contribution in [1.29, 1.82) is 0 Å². The van der Waals surface area contributed by atoms with Crippen LogP contribution >= 0.6 is 0 Å². The Hall–Kier alpha value is -0.590. The topological polar surface area (TPSA) is 17.1 Å². The van der Waals surface area contributed by atoms with Gasteiger partial charge in [0.25, 0.3) is 0 Å². The minimum Gasteiger partial charge on any atom is -0.295 e. The van der Waals surface area contributed by atoms with Crippen LogP contribution in [0, 0.1) is 5.92 Å². The number of carbonyl (C=O) groups is 1. The summed E-state index contributed by atoms with van der Waals surface area (Å²) < 4.78 is 14.1. The van der Waals surface area contributed by atoms with Gasteiger partial charge < -0.3 is 0 Å². The zero-order chi connectivity index (χ0) is 8.31. The molecule has 1 heteroatoms. The van der Waals surface area contributed by atoms with E-state index in [4.69, 9.17) is 2.74 Å². The van der Waals surface area contributed by atoms with Gasteiger partial charge in [-0.3, -0.25) is 4.79 Å². The standard InChI is InChI=1S/C7H12O/c1-4-5-7(8)6(2)3/h4-6H,1-3H3/b5-4+/i4D,5D. The van der Waals surface area contributed by atoms with E-state index in [-0.39, 0.29) is 23.8 Å². The van der Waals surface area contributed by atoms with E-state index in [9.17, 15) is 4.79 Å². The van der Waals surface area contributed by atoms with Gasteiger partial charge in [0.2, 0.25) is 0 Å². The first-order valence-corrected chi connectivity index (χ1v) is 2.65. The summed E-state index contributed by atoms with van der Waals surface area (Å²) >= 11 is 0. The van der Waals surface area contributed by atoms with Crippen LogP contribution in [0.25, 0.3) is 0 Å². The fourth-order valence-corrected chi connectivity index (χ4v) is 0.268. The van der Waals surface area contributed by atoms with Crippen LogP contribution in [0.4, 0.5) is 0 Å². The number of ketones is 1. The predicted octanol–water partition coefficient (Wildman–Crippen LogP) is 1.79. The van der Waals surface area contributed by atoms with Crippen LogP contribution in [0.5, 0.6) is 0 Å². The van der Waals surface area contributed by atoms with E-state index in [1.54, 1.807) is 13.8 Å². The molecule has 8 heavy (non-hydrogen) atoms. The van der Waals surface area contributed by atoms with Crippen molar-refractivity contribution in [3.8, 4) is 0 Å². The van der Waals surface area contributed by atoms with E-state index in [2.05, 4.69) is 0 Å². The molecule has 0 rings (SSSR count). The van der Waals surface area contributed by atoms with Crippen LogP contribution < -0.4 is 0 Å². The zero-order valence-electron chi connectivity index (χ0n) is 7.49. The quantitative estimate of drug-likeness (QED) is 0.500. The van der Waals surface area contributed by atoms with Crippen LogP contribution in [0.1, 0.15) is 23.5 Å². The molecule has 0 heterocycles. The zero-order valence-corrected chi connectivity index (χ0v) is 5.49. The van der Waals surface area contributed by atoms with E-state index in [0.717, 1.165) is 0 Å². The van der Waals surface area contributed by atoms with E-state index >= 15 is 0 Å². The highest BCUT2D eigenvalue weighted by molar-refractivity contribution is 5.90. The van der Waals surface area contributed by atoms with Crippen molar-refractivity contribution in [3.63, 3.8) is 0 Å². The number of hydrogen-bond donors (Lipinski definition) is 0. The maximum atomic E-state index is 10.9. The van der Waals surface area contributed by atoms with Crippen molar-refractivity contribution in [2.24, 2.45) is 5.92 Å².